The summed E-state index contributed by atoms with van der Waals surface area (Å²) < 4.78 is 7.33. The molecule has 0 radical (unpaired) electrons. The first kappa shape index (κ1) is 20.1. The predicted octanol–water partition coefficient (Wildman–Crippen LogP) is 3.77. The van der Waals surface area contributed by atoms with Gasteiger partial charge in [-0.3, -0.25) is 4.79 Å². The lowest BCUT2D eigenvalue weighted by Crippen LogP contribution is -2.52. The van der Waals surface area contributed by atoms with Gasteiger partial charge in [0, 0.05) is 18.1 Å². The second-order valence-electron chi connectivity index (χ2n) is 8.27. The van der Waals surface area contributed by atoms with Gasteiger partial charge in [0.25, 0.3) is 5.91 Å². The molecule has 7 heteroatoms. The van der Waals surface area contributed by atoms with Crippen molar-refractivity contribution < 1.29 is 9.21 Å². The van der Waals surface area contributed by atoms with E-state index in [0.29, 0.717) is 40.5 Å². The van der Waals surface area contributed by atoms with Crippen LogP contribution in [0.2, 0.25) is 0 Å². The Morgan fingerprint density at radius 2 is 2.11 bits per heavy atom. The number of nitrogens with one attached hydrogen (secondary N) is 1. The minimum absolute atomic E-state index is 0.114. The first-order chi connectivity index (χ1) is 13.2. The molecule has 1 atom stereocenters. The van der Waals surface area contributed by atoms with Gasteiger partial charge in [-0.1, -0.05) is 13.8 Å². The highest BCUT2D eigenvalue weighted by Gasteiger charge is 2.28. The van der Waals surface area contributed by atoms with Gasteiger partial charge in [0.1, 0.15) is 5.69 Å². The molecule has 0 bridgehead atoms. The van der Waals surface area contributed by atoms with Crippen LogP contribution in [-0.2, 0) is 0 Å². The molecule has 0 saturated heterocycles. The highest BCUT2D eigenvalue weighted by Crippen LogP contribution is 2.27. The van der Waals surface area contributed by atoms with E-state index in [1.54, 1.807) is 24.6 Å². The summed E-state index contributed by atoms with van der Waals surface area (Å²) in [5, 5.41) is 8.29. The van der Waals surface area contributed by atoms with Crippen molar-refractivity contribution in [3.8, 4) is 11.5 Å². The van der Waals surface area contributed by atoms with E-state index in [4.69, 9.17) is 15.1 Å². The molecule has 0 aliphatic heterocycles. The zero-order valence-corrected chi connectivity index (χ0v) is 17.2. The molecule has 0 spiro atoms. The molecule has 1 amide bonds. The van der Waals surface area contributed by atoms with Gasteiger partial charge >= 0.3 is 0 Å². The van der Waals surface area contributed by atoms with Gasteiger partial charge in [-0.15, -0.1) is 0 Å². The molecule has 0 fully saturated rings. The van der Waals surface area contributed by atoms with Crippen molar-refractivity contribution in [3.05, 3.63) is 36.2 Å². The highest BCUT2D eigenvalue weighted by atomic mass is 16.3. The monoisotopic (exact) mass is 383 g/mol. The van der Waals surface area contributed by atoms with Crippen LogP contribution in [0.1, 0.15) is 57.4 Å². The number of furan rings is 1. The molecule has 150 valence electrons. The van der Waals surface area contributed by atoms with Crippen LogP contribution in [0.25, 0.3) is 22.5 Å². The minimum Gasteiger partial charge on any atom is -0.463 e. The number of amides is 1. The average molecular weight is 383 g/mol. The number of aromatic nitrogens is 3. The maximum atomic E-state index is 13.3. The third kappa shape index (κ3) is 3.94. The van der Waals surface area contributed by atoms with Crippen LogP contribution in [0.3, 0.4) is 0 Å². The second-order valence-corrected chi connectivity index (χ2v) is 8.27. The number of hydrogen-bond acceptors (Lipinski definition) is 5. The number of nitrogens with zero attached hydrogens (tertiary/aromatic N) is 3. The van der Waals surface area contributed by atoms with Crippen molar-refractivity contribution in [2.45, 2.75) is 52.6 Å². The lowest BCUT2D eigenvalue weighted by molar-refractivity contribution is 0.0900. The van der Waals surface area contributed by atoms with Gasteiger partial charge in [0.2, 0.25) is 0 Å². The summed E-state index contributed by atoms with van der Waals surface area (Å²) >= 11 is 0. The summed E-state index contributed by atoms with van der Waals surface area (Å²) in [6.45, 7) is 10.6. The van der Waals surface area contributed by atoms with E-state index in [0.717, 1.165) is 6.42 Å². The molecule has 3 aromatic heterocycles. The Balaban J connectivity index is 2.10. The zero-order chi connectivity index (χ0) is 20.5. The molecule has 7 nitrogen and oxygen atoms in total. The molecule has 3 N–H and O–H groups in total. The third-order valence-corrected chi connectivity index (χ3v) is 4.80. The molecule has 0 aromatic carbocycles. The largest absolute Gasteiger partial charge is 0.463 e. The van der Waals surface area contributed by atoms with Crippen molar-refractivity contribution in [1.82, 2.24) is 20.1 Å². The van der Waals surface area contributed by atoms with Gasteiger partial charge in [-0.05, 0) is 51.3 Å². The van der Waals surface area contributed by atoms with Gasteiger partial charge in [-0.25, -0.2) is 9.67 Å². The minimum atomic E-state index is -0.486. The molecule has 0 saturated carbocycles. The molecule has 3 aromatic rings. The summed E-state index contributed by atoms with van der Waals surface area (Å²) in [6, 6.07) is 5.50. The third-order valence-electron chi connectivity index (χ3n) is 4.80. The number of rotatable bonds is 7. The highest BCUT2D eigenvalue weighted by molar-refractivity contribution is 6.06. The maximum Gasteiger partial charge on any atom is 0.252 e. The fourth-order valence-electron chi connectivity index (χ4n) is 3.56. The fourth-order valence-corrected chi connectivity index (χ4v) is 3.56. The lowest BCUT2D eigenvalue weighted by Gasteiger charge is -2.31. The Kier molecular flexibility index (Phi) is 5.56. The number of nitrogens with two attached hydrogens (primary N) is 1. The van der Waals surface area contributed by atoms with Crippen molar-refractivity contribution in [2.75, 3.05) is 6.54 Å². The molecule has 3 heterocycles. The quantitative estimate of drug-likeness (QED) is 0.647. The van der Waals surface area contributed by atoms with Crippen LogP contribution in [0.5, 0.6) is 0 Å². The van der Waals surface area contributed by atoms with E-state index in [1.165, 1.54) is 0 Å². The zero-order valence-electron chi connectivity index (χ0n) is 17.2. The molecule has 0 aliphatic carbocycles. The van der Waals surface area contributed by atoms with Gasteiger partial charge in [0.05, 0.1) is 23.4 Å². The van der Waals surface area contributed by atoms with Crippen molar-refractivity contribution in [3.63, 3.8) is 0 Å². The summed E-state index contributed by atoms with van der Waals surface area (Å²) in [4.78, 5) is 18.0. The predicted molar refractivity (Wildman–Crippen MR) is 110 cm³/mol. The van der Waals surface area contributed by atoms with Crippen molar-refractivity contribution in [1.29, 1.82) is 0 Å². The number of carbonyl (C=O) groups excluding carboxylic acids is 1. The van der Waals surface area contributed by atoms with Crippen LogP contribution >= 0.6 is 0 Å². The van der Waals surface area contributed by atoms with Gasteiger partial charge in [-0.2, -0.15) is 5.10 Å². The summed E-state index contributed by atoms with van der Waals surface area (Å²) in [5.41, 5.74) is 7.28. The van der Waals surface area contributed by atoms with Gasteiger partial charge in [0.15, 0.2) is 11.4 Å². The van der Waals surface area contributed by atoms with E-state index in [1.807, 2.05) is 31.5 Å². The standard InChI is InChI=1S/C21H29N5O2/c1-13(2)10-21(5,12-22)25-20(27)15-9-17(18-7-6-8-28-18)24-19-16(15)11-23-26(19)14(3)4/h6-9,11,13-14H,10,12,22H2,1-5H3,(H,25,27). The fraction of sp³-hybridized carbons (Fsp3) is 0.476. The van der Waals surface area contributed by atoms with E-state index < -0.39 is 5.54 Å². The molecule has 0 aliphatic rings. The Labute approximate surface area is 165 Å². The van der Waals surface area contributed by atoms with E-state index in [2.05, 4.69) is 24.3 Å². The summed E-state index contributed by atoms with van der Waals surface area (Å²) in [7, 11) is 0. The molecular weight excluding hydrogens is 354 g/mol. The van der Waals surface area contributed by atoms with Crippen LogP contribution < -0.4 is 11.1 Å². The molecular formula is C21H29N5O2. The Morgan fingerprint density at radius 1 is 1.36 bits per heavy atom. The average Bonchev–Trinajstić information content (AvgIpc) is 3.29. The van der Waals surface area contributed by atoms with E-state index in [9.17, 15) is 4.79 Å². The summed E-state index contributed by atoms with van der Waals surface area (Å²) in [6.07, 6.45) is 4.08. The van der Waals surface area contributed by atoms with E-state index >= 15 is 0 Å². The maximum absolute atomic E-state index is 13.3. The lowest BCUT2D eigenvalue weighted by atomic mass is 9.90. The first-order valence-electron chi connectivity index (χ1n) is 9.69. The van der Waals surface area contributed by atoms with Crippen LogP contribution in [-0.4, -0.2) is 32.8 Å². The second kappa shape index (κ2) is 7.75. The number of carbonyl (C=O) groups is 1. The van der Waals surface area contributed by atoms with Gasteiger partial charge < -0.3 is 15.5 Å². The van der Waals surface area contributed by atoms with Crippen LogP contribution in [0.4, 0.5) is 0 Å². The molecule has 1 unspecified atom stereocenters. The Bertz CT molecular complexity index is 959. The molecule has 28 heavy (non-hydrogen) atoms. The van der Waals surface area contributed by atoms with Crippen molar-refractivity contribution in [2.24, 2.45) is 11.7 Å². The number of fused-ring (bicyclic) bond motifs is 1. The van der Waals surface area contributed by atoms with Crippen LogP contribution in [0.15, 0.2) is 35.1 Å². The Morgan fingerprint density at radius 3 is 2.68 bits per heavy atom. The summed E-state index contributed by atoms with van der Waals surface area (Å²) in [5.74, 6) is 0.835. The Hall–Kier alpha value is -2.67. The topological polar surface area (TPSA) is 99.0 Å². The number of pyridine rings is 1. The van der Waals surface area contributed by atoms with Crippen LogP contribution in [0, 0.1) is 5.92 Å². The normalized spacial score (nSPS) is 14.0. The van der Waals surface area contributed by atoms with Crippen molar-refractivity contribution >= 4 is 16.9 Å². The number of hydrogen-bond donors (Lipinski definition) is 2. The smallest absolute Gasteiger partial charge is 0.252 e. The SMILES string of the molecule is CC(C)CC(C)(CN)NC(=O)c1cc(-c2ccco2)nc2c1cnn2C(C)C. The first-order valence-corrected chi connectivity index (χ1v) is 9.69. The van der Waals surface area contributed by atoms with E-state index in [-0.39, 0.29) is 11.9 Å². The molecule has 3 rings (SSSR count).